The van der Waals surface area contributed by atoms with Crippen LogP contribution in [0.25, 0.3) is 11.1 Å². The van der Waals surface area contributed by atoms with Crippen LogP contribution in [0.2, 0.25) is 0 Å². The van der Waals surface area contributed by atoms with Gasteiger partial charge >= 0.3 is 0 Å². The van der Waals surface area contributed by atoms with Gasteiger partial charge in [0.15, 0.2) is 0 Å². The Hall–Kier alpha value is -2.03. The third-order valence-corrected chi connectivity index (χ3v) is 2.23. The maximum atomic E-state index is 12.7. The summed E-state index contributed by atoms with van der Waals surface area (Å²) in [5.74, 6) is -0.263. The fourth-order valence-corrected chi connectivity index (χ4v) is 1.45. The molecule has 2 rings (SSSR count). The molecule has 0 saturated heterocycles. The molecule has 0 radical (unpaired) electrons. The number of nitrogens with two attached hydrogens (primary N) is 2. The van der Waals surface area contributed by atoms with Crippen LogP contribution in [0.1, 0.15) is 0 Å². The molecule has 0 aliphatic rings. The molecule has 15 heavy (non-hydrogen) atoms. The molecule has 0 aliphatic heterocycles. The van der Waals surface area contributed by atoms with Crippen molar-refractivity contribution in [3.63, 3.8) is 0 Å². The van der Waals surface area contributed by atoms with E-state index in [1.807, 2.05) is 0 Å². The van der Waals surface area contributed by atoms with Crippen molar-refractivity contribution >= 4 is 11.4 Å². The summed E-state index contributed by atoms with van der Waals surface area (Å²) in [4.78, 5) is 0. The molecule has 2 nitrogen and oxygen atoms in total. The summed E-state index contributed by atoms with van der Waals surface area (Å²) in [5, 5.41) is 0. The van der Waals surface area contributed by atoms with E-state index in [0.717, 1.165) is 11.1 Å². The van der Waals surface area contributed by atoms with Gasteiger partial charge in [0, 0.05) is 16.9 Å². The third-order valence-electron chi connectivity index (χ3n) is 2.23. The van der Waals surface area contributed by atoms with E-state index in [1.165, 1.54) is 12.1 Å². The standard InChI is InChI=1S/C12H11FN2/c13-9-3-1-8(2-4-9)11-7-10(14)5-6-12(11)15/h1-7H,14-15H2. The molecule has 0 saturated carbocycles. The van der Waals surface area contributed by atoms with Crippen LogP contribution in [0, 0.1) is 5.82 Å². The van der Waals surface area contributed by atoms with Crippen LogP contribution in [0.15, 0.2) is 42.5 Å². The van der Waals surface area contributed by atoms with Crippen molar-refractivity contribution in [2.75, 3.05) is 11.5 Å². The Kier molecular flexibility index (Phi) is 2.29. The Morgan fingerprint density at radius 3 is 2.20 bits per heavy atom. The molecule has 0 atom stereocenters. The SMILES string of the molecule is Nc1ccc(N)c(-c2ccc(F)cc2)c1. The zero-order valence-electron chi connectivity index (χ0n) is 8.07. The van der Waals surface area contributed by atoms with Gasteiger partial charge in [-0.2, -0.15) is 0 Å². The first-order valence-electron chi connectivity index (χ1n) is 4.58. The van der Waals surface area contributed by atoms with Gasteiger partial charge in [-0.15, -0.1) is 0 Å². The number of halogens is 1. The highest BCUT2D eigenvalue weighted by Crippen LogP contribution is 2.27. The van der Waals surface area contributed by atoms with Crippen molar-refractivity contribution in [2.24, 2.45) is 0 Å². The summed E-state index contributed by atoms with van der Waals surface area (Å²) in [6.07, 6.45) is 0. The first-order chi connectivity index (χ1) is 7.16. The van der Waals surface area contributed by atoms with Crippen LogP contribution in [0.4, 0.5) is 15.8 Å². The molecule has 0 fully saturated rings. The number of nitrogen functional groups attached to an aromatic ring is 2. The maximum absolute atomic E-state index is 12.7. The summed E-state index contributed by atoms with van der Waals surface area (Å²) in [5.41, 5.74) is 14.4. The predicted octanol–water partition coefficient (Wildman–Crippen LogP) is 2.66. The van der Waals surface area contributed by atoms with Crippen molar-refractivity contribution in [1.82, 2.24) is 0 Å². The molecule has 2 aromatic carbocycles. The average molecular weight is 202 g/mol. The van der Waals surface area contributed by atoms with Crippen molar-refractivity contribution in [2.45, 2.75) is 0 Å². The topological polar surface area (TPSA) is 52.0 Å². The van der Waals surface area contributed by atoms with Crippen molar-refractivity contribution in [1.29, 1.82) is 0 Å². The van der Waals surface area contributed by atoms with Crippen molar-refractivity contribution in [3.8, 4) is 11.1 Å². The van der Waals surface area contributed by atoms with Gasteiger partial charge in [0.2, 0.25) is 0 Å². The molecule has 4 N–H and O–H groups in total. The highest BCUT2D eigenvalue weighted by molar-refractivity contribution is 5.79. The zero-order chi connectivity index (χ0) is 10.8. The van der Waals surface area contributed by atoms with Crippen LogP contribution in [-0.2, 0) is 0 Å². The number of anilines is 2. The van der Waals surface area contributed by atoms with Gasteiger partial charge in [-0.05, 0) is 35.9 Å². The molecular formula is C12H11FN2. The molecule has 0 aliphatic carbocycles. The summed E-state index contributed by atoms with van der Waals surface area (Å²) >= 11 is 0. The summed E-state index contributed by atoms with van der Waals surface area (Å²) in [6, 6.07) is 11.4. The van der Waals surface area contributed by atoms with E-state index in [9.17, 15) is 4.39 Å². The Bertz CT molecular complexity index is 477. The monoisotopic (exact) mass is 202 g/mol. The molecule has 2 aromatic rings. The minimum Gasteiger partial charge on any atom is -0.399 e. The summed E-state index contributed by atoms with van der Waals surface area (Å²) in [7, 11) is 0. The van der Waals surface area contributed by atoms with E-state index < -0.39 is 0 Å². The molecule has 3 heteroatoms. The quantitative estimate of drug-likeness (QED) is 0.698. The molecule has 0 aromatic heterocycles. The fourth-order valence-electron chi connectivity index (χ4n) is 1.45. The first-order valence-corrected chi connectivity index (χ1v) is 4.58. The van der Waals surface area contributed by atoms with E-state index in [1.54, 1.807) is 30.3 Å². The maximum Gasteiger partial charge on any atom is 0.123 e. The third kappa shape index (κ3) is 1.91. The molecule has 0 amide bonds. The van der Waals surface area contributed by atoms with Gasteiger partial charge in [-0.3, -0.25) is 0 Å². The Morgan fingerprint density at radius 2 is 1.53 bits per heavy atom. The molecule has 0 bridgehead atoms. The second kappa shape index (κ2) is 3.61. The number of benzene rings is 2. The number of hydrogen-bond donors (Lipinski definition) is 2. The number of hydrogen-bond acceptors (Lipinski definition) is 2. The highest BCUT2D eigenvalue weighted by Gasteiger charge is 2.02. The molecular weight excluding hydrogens is 191 g/mol. The van der Waals surface area contributed by atoms with Crippen molar-refractivity contribution < 1.29 is 4.39 Å². The van der Waals surface area contributed by atoms with E-state index >= 15 is 0 Å². The first kappa shape index (κ1) is 9.52. The Balaban J connectivity index is 2.53. The summed E-state index contributed by atoms with van der Waals surface area (Å²) < 4.78 is 12.7. The Labute approximate surface area is 87.3 Å². The zero-order valence-corrected chi connectivity index (χ0v) is 8.07. The van der Waals surface area contributed by atoms with Gasteiger partial charge in [0.05, 0.1) is 0 Å². The molecule has 0 spiro atoms. The predicted molar refractivity (Wildman–Crippen MR) is 60.7 cm³/mol. The number of rotatable bonds is 1. The fraction of sp³-hybridized carbons (Fsp3) is 0. The molecule has 0 unspecified atom stereocenters. The van der Waals surface area contributed by atoms with E-state index in [2.05, 4.69) is 0 Å². The lowest BCUT2D eigenvalue weighted by molar-refractivity contribution is 0.628. The highest BCUT2D eigenvalue weighted by atomic mass is 19.1. The lowest BCUT2D eigenvalue weighted by atomic mass is 10.0. The van der Waals surface area contributed by atoms with Gasteiger partial charge in [0.1, 0.15) is 5.82 Å². The second-order valence-electron chi connectivity index (χ2n) is 3.35. The van der Waals surface area contributed by atoms with Crippen LogP contribution >= 0.6 is 0 Å². The summed E-state index contributed by atoms with van der Waals surface area (Å²) in [6.45, 7) is 0. The minimum atomic E-state index is -0.263. The van der Waals surface area contributed by atoms with Crippen molar-refractivity contribution in [3.05, 3.63) is 48.3 Å². The van der Waals surface area contributed by atoms with Gasteiger partial charge in [0.25, 0.3) is 0 Å². The molecule has 0 heterocycles. The van der Waals surface area contributed by atoms with E-state index in [-0.39, 0.29) is 5.82 Å². The largest absolute Gasteiger partial charge is 0.399 e. The van der Waals surface area contributed by atoms with Crippen LogP contribution in [-0.4, -0.2) is 0 Å². The van der Waals surface area contributed by atoms with Crippen LogP contribution < -0.4 is 11.5 Å². The lowest BCUT2D eigenvalue weighted by Gasteiger charge is -2.06. The van der Waals surface area contributed by atoms with E-state index in [4.69, 9.17) is 11.5 Å². The minimum absolute atomic E-state index is 0.263. The second-order valence-corrected chi connectivity index (χ2v) is 3.35. The normalized spacial score (nSPS) is 10.2. The molecule has 76 valence electrons. The van der Waals surface area contributed by atoms with Crippen LogP contribution in [0.3, 0.4) is 0 Å². The van der Waals surface area contributed by atoms with Gasteiger partial charge in [-0.25, -0.2) is 4.39 Å². The Morgan fingerprint density at radius 1 is 0.867 bits per heavy atom. The van der Waals surface area contributed by atoms with Crippen LogP contribution in [0.5, 0.6) is 0 Å². The lowest BCUT2D eigenvalue weighted by Crippen LogP contribution is -1.92. The van der Waals surface area contributed by atoms with Gasteiger partial charge < -0.3 is 11.5 Å². The van der Waals surface area contributed by atoms with Gasteiger partial charge in [-0.1, -0.05) is 12.1 Å². The smallest absolute Gasteiger partial charge is 0.123 e. The average Bonchev–Trinajstić information content (AvgIpc) is 2.23. The van der Waals surface area contributed by atoms with E-state index in [0.29, 0.717) is 11.4 Å².